The smallest absolute Gasteiger partial charge is 0.242 e. The first-order chi connectivity index (χ1) is 23.2. The quantitative estimate of drug-likeness (QED) is 0.177. The molecule has 0 fully saturated rings. The Morgan fingerprint density at radius 1 is 0.521 bits per heavy atom. The summed E-state index contributed by atoms with van der Waals surface area (Å²) >= 11 is 1.67. The summed E-state index contributed by atoms with van der Waals surface area (Å²) in [5, 5.41) is 0. The Labute approximate surface area is 286 Å². The second-order valence-electron chi connectivity index (χ2n) is 13.3. The zero-order valence-corrected chi connectivity index (χ0v) is 29.0. The van der Waals surface area contributed by atoms with E-state index in [1.807, 2.05) is 30.5 Å². The third-order valence-electron chi connectivity index (χ3n) is 9.69. The fraction of sp³-hybridized carbons (Fsp3) is 0.140. The monoisotopic (exact) mass is 637 g/mol. The molecule has 0 saturated heterocycles. The number of benzene rings is 5. The third-order valence-corrected chi connectivity index (χ3v) is 10.8. The van der Waals surface area contributed by atoms with Crippen molar-refractivity contribution in [2.45, 2.75) is 41.5 Å². The Morgan fingerprint density at radius 3 is 1.58 bits per heavy atom. The molecule has 8 rings (SSSR count). The van der Waals surface area contributed by atoms with Crippen molar-refractivity contribution in [3.05, 3.63) is 143 Å². The van der Waals surface area contributed by atoms with Gasteiger partial charge in [0.2, 0.25) is 6.71 Å². The van der Waals surface area contributed by atoms with Gasteiger partial charge in [0.05, 0.1) is 15.7 Å². The van der Waals surface area contributed by atoms with Gasteiger partial charge < -0.3 is 0 Å². The van der Waals surface area contributed by atoms with Crippen molar-refractivity contribution in [1.82, 2.24) is 15.0 Å². The first-order valence-electron chi connectivity index (χ1n) is 16.6. The summed E-state index contributed by atoms with van der Waals surface area (Å²) in [6.07, 6.45) is 1.89. The molecule has 3 heterocycles. The fourth-order valence-electron chi connectivity index (χ4n) is 7.73. The molecule has 0 saturated carbocycles. The van der Waals surface area contributed by atoms with Crippen LogP contribution in [0.1, 0.15) is 33.4 Å². The van der Waals surface area contributed by atoms with E-state index in [1.165, 1.54) is 60.9 Å². The van der Waals surface area contributed by atoms with Gasteiger partial charge in [-0.05, 0) is 76.4 Å². The second kappa shape index (κ2) is 11.8. The number of pyridine rings is 1. The Hall–Kier alpha value is -5.13. The Bertz CT molecular complexity index is 2410. The highest BCUT2D eigenvalue weighted by molar-refractivity contribution is 7.25. The summed E-state index contributed by atoms with van der Waals surface area (Å²) in [4.78, 5) is 15.5. The number of rotatable bonds is 5. The van der Waals surface area contributed by atoms with E-state index in [2.05, 4.69) is 120 Å². The lowest BCUT2D eigenvalue weighted by molar-refractivity contribution is 1.34. The molecule has 5 aromatic carbocycles. The largest absolute Gasteiger partial charge is 0.253 e. The summed E-state index contributed by atoms with van der Waals surface area (Å²) in [7, 11) is 0. The molecule has 0 aliphatic carbocycles. The number of hydrogen-bond donors (Lipinski definition) is 0. The SMILES string of the molecule is Cc1cc(C)c(B(c2ccc(-c3ccc(-c4ccnc5c4sc4nc6ccccc6nc45)cc3)cc2)c2c(C)cc(C)cc2C)c(C)c1. The van der Waals surface area contributed by atoms with Crippen molar-refractivity contribution in [3.63, 3.8) is 0 Å². The molecule has 0 aliphatic heterocycles. The van der Waals surface area contributed by atoms with E-state index in [-0.39, 0.29) is 6.71 Å². The van der Waals surface area contributed by atoms with E-state index in [0.717, 1.165) is 42.7 Å². The number of para-hydroxylation sites is 2. The molecule has 0 amide bonds. The fourth-order valence-corrected chi connectivity index (χ4v) is 8.85. The van der Waals surface area contributed by atoms with Gasteiger partial charge in [0.15, 0.2) is 0 Å². The average Bonchev–Trinajstić information content (AvgIpc) is 3.43. The molecule has 0 atom stereocenters. The van der Waals surface area contributed by atoms with Gasteiger partial charge in [-0.25, -0.2) is 9.97 Å². The lowest BCUT2D eigenvalue weighted by Crippen LogP contribution is -2.55. The molecule has 3 nitrogen and oxygen atoms in total. The number of aryl methyl sites for hydroxylation is 6. The maximum atomic E-state index is 4.92. The Balaban J connectivity index is 1.16. The molecular weight excluding hydrogens is 601 g/mol. The van der Waals surface area contributed by atoms with Crippen LogP contribution in [0.3, 0.4) is 0 Å². The predicted molar refractivity (Wildman–Crippen MR) is 207 cm³/mol. The average molecular weight is 638 g/mol. The van der Waals surface area contributed by atoms with Crippen LogP contribution < -0.4 is 16.4 Å². The van der Waals surface area contributed by atoms with Gasteiger partial charge in [-0.2, -0.15) is 0 Å². The Kier molecular flexibility index (Phi) is 7.45. The molecule has 232 valence electrons. The van der Waals surface area contributed by atoms with Crippen LogP contribution in [-0.2, 0) is 0 Å². The third kappa shape index (κ3) is 5.19. The van der Waals surface area contributed by atoms with Crippen LogP contribution in [0.15, 0.2) is 109 Å². The van der Waals surface area contributed by atoms with Gasteiger partial charge >= 0.3 is 0 Å². The van der Waals surface area contributed by atoms with E-state index >= 15 is 0 Å². The van der Waals surface area contributed by atoms with Gasteiger partial charge in [-0.3, -0.25) is 4.98 Å². The Morgan fingerprint density at radius 2 is 1.02 bits per heavy atom. The first kappa shape index (κ1) is 30.2. The van der Waals surface area contributed by atoms with Crippen LogP contribution in [0, 0.1) is 41.5 Å². The first-order valence-corrected chi connectivity index (χ1v) is 17.4. The molecule has 0 radical (unpaired) electrons. The van der Waals surface area contributed by atoms with Crippen LogP contribution in [0.5, 0.6) is 0 Å². The lowest BCUT2D eigenvalue weighted by atomic mass is 9.34. The molecular formula is C43H36BN3S. The van der Waals surface area contributed by atoms with Crippen molar-refractivity contribution < 1.29 is 0 Å². The number of aromatic nitrogens is 3. The molecule has 3 aromatic heterocycles. The van der Waals surface area contributed by atoms with E-state index in [1.54, 1.807) is 11.3 Å². The minimum Gasteiger partial charge on any atom is -0.253 e. The number of thiophene rings is 1. The summed E-state index contributed by atoms with van der Waals surface area (Å²) in [5.41, 5.74) is 20.5. The second-order valence-corrected chi connectivity index (χ2v) is 14.3. The molecule has 8 aromatic rings. The van der Waals surface area contributed by atoms with Crippen LogP contribution in [0.4, 0.5) is 0 Å². The minimum absolute atomic E-state index is 0.166. The van der Waals surface area contributed by atoms with Crippen molar-refractivity contribution in [1.29, 1.82) is 0 Å². The van der Waals surface area contributed by atoms with Crippen LogP contribution in [-0.4, -0.2) is 21.7 Å². The van der Waals surface area contributed by atoms with E-state index in [9.17, 15) is 0 Å². The maximum absolute atomic E-state index is 4.92. The van der Waals surface area contributed by atoms with Gasteiger partial charge in [0, 0.05) is 11.8 Å². The minimum atomic E-state index is 0.166. The van der Waals surface area contributed by atoms with Gasteiger partial charge in [-0.15, -0.1) is 11.3 Å². The number of nitrogens with zero attached hydrogens (tertiary/aromatic N) is 3. The summed E-state index contributed by atoms with van der Waals surface area (Å²) in [6, 6.07) is 37.6. The standard InChI is InChI=1S/C43H36BN3S/c1-25-21-27(3)38(28(4)22-25)44(39-29(5)23-26(2)24-30(39)6)34-17-15-32(16-18-34)31-11-13-33(14-12-31)35-19-20-45-40-41-43(48-42(35)40)47-37-10-8-7-9-36(37)46-41/h7-24H,1-6H3. The topological polar surface area (TPSA) is 38.7 Å². The molecule has 0 unspecified atom stereocenters. The normalized spacial score (nSPS) is 11.5. The van der Waals surface area contributed by atoms with Gasteiger partial charge in [0.25, 0.3) is 0 Å². The van der Waals surface area contributed by atoms with Crippen molar-refractivity contribution in [2.24, 2.45) is 0 Å². The molecule has 0 N–H and O–H groups in total. The molecule has 0 aliphatic rings. The van der Waals surface area contributed by atoms with E-state index in [0.29, 0.717) is 0 Å². The number of hydrogen-bond acceptors (Lipinski definition) is 4. The molecule has 48 heavy (non-hydrogen) atoms. The van der Waals surface area contributed by atoms with Gasteiger partial charge in [-0.1, -0.05) is 135 Å². The van der Waals surface area contributed by atoms with Gasteiger partial charge in [0.1, 0.15) is 15.9 Å². The zero-order valence-electron chi connectivity index (χ0n) is 28.2. The zero-order chi connectivity index (χ0) is 33.1. The molecule has 0 spiro atoms. The van der Waals surface area contributed by atoms with E-state index in [4.69, 9.17) is 15.0 Å². The molecule has 0 bridgehead atoms. The van der Waals surface area contributed by atoms with E-state index < -0.39 is 0 Å². The van der Waals surface area contributed by atoms with Crippen molar-refractivity contribution >= 4 is 66.0 Å². The van der Waals surface area contributed by atoms with Crippen molar-refractivity contribution in [3.8, 4) is 22.3 Å². The summed E-state index contributed by atoms with van der Waals surface area (Å²) in [5.74, 6) is 0. The lowest BCUT2D eigenvalue weighted by Gasteiger charge is -2.24. The highest BCUT2D eigenvalue weighted by Gasteiger charge is 2.28. The van der Waals surface area contributed by atoms with Crippen LogP contribution in [0.25, 0.3) is 53.9 Å². The van der Waals surface area contributed by atoms with Crippen LogP contribution in [0.2, 0.25) is 0 Å². The van der Waals surface area contributed by atoms with Crippen LogP contribution >= 0.6 is 11.3 Å². The highest BCUT2D eigenvalue weighted by Crippen LogP contribution is 2.38. The highest BCUT2D eigenvalue weighted by atomic mass is 32.1. The molecule has 5 heteroatoms. The van der Waals surface area contributed by atoms with Crippen molar-refractivity contribution in [2.75, 3.05) is 0 Å². The number of fused-ring (bicyclic) bond motifs is 4. The predicted octanol–water partition coefficient (Wildman–Crippen LogP) is 9.09. The maximum Gasteiger partial charge on any atom is 0.242 e. The summed E-state index contributed by atoms with van der Waals surface area (Å²) < 4.78 is 1.12. The summed E-state index contributed by atoms with van der Waals surface area (Å²) in [6.45, 7) is 13.6.